The van der Waals surface area contributed by atoms with Crippen LogP contribution < -0.4 is 5.32 Å². The van der Waals surface area contributed by atoms with Gasteiger partial charge in [0.2, 0.25) is 0 Å². The third kappa shape index (κ3) is 1.59. The maximum absolute atomic E-state index is 9.73. The third-order valence-electron chi connectivity index (χ3n) is 2.55. The van der Waals surface area contributed by atoms with Gasteiger partial charge in [-0.2, -0.15) is 0 Å². The highest BCUT2D eigenvalue weighted by atomic mass is 16.5. The molecule has 2 N–H and O–H groups in total. The number of hydrogen-bond donors (Lipinski definition) is 2. The number of nitrogens with zero attached hydrogens (tertiary/aromatic N) is 1. The van der Waals surface area contributed by atoms with Crippen LogP contribution in [-0.2, 0) is 0 Å². The summed E-state index contributed by atoms with van der Waals surface area (Å²) in [6, 6.07) is -0.000000000000000222. The maximum Gasteiger partial charge on any atom is 0.138 e. The number of aliphatic hydroxyl groups is 1. The Kier molecular flexibility index (Phi) is 2.33. The molecule has 0 saturated carbocycles. The van der Waals surface area contributed by atoms with Crippen molar-refractivity contribution in [2.24, 2.45) is 0 Å². The van der Waals surface area contributed by atoms with E-state index in [0.717, 1.165) is 30.7 Å². The Labute approximate surface area is 76.9 Å². The Balaban J connectivity index is 2.19. The quantitative estimate of drug-likeness (QED) is 0.673. The molecule has 4 heteroatoms. The number of aliphatic hydroxyl groups excluding tert-OH is 1. The van der Waals surface area contributed by atoms with E-state index in [-0.39, 0.29) is 12.1 Å². The number of aromatic nitrogens is 1. The first-order chi connectivity index (χ1) is 6.29. The lowest BCUT2D eigenvalue weighted by Crippen LogP contribution is -2.37. The highest BCUT2D eigenvalue weighted by Crippen LogP contribution is 2.25. The smallest absolute Gasteiger partial charge is 0.138 e. The lowest BCUT2D eigenvalue weighted by Gasteiger charge is -2.28. The van der Waals surface area contributed by atoms with Gasteiger partial charge in [0.25, 0.3) is 0 Å². The van der Waals surface area contributed by atoms with Crippen LogP contribution in [0.3, 0.4) is 0 Å². The third-order valence-corrected chi connectivity index (χ3v) is 2.55. The summed E-state index contributed by atoms with van der Waals surface area (Å²) in [6.45, 7) is 2.82. The second-order valence-electron chi connectivity index (χ2n) is 3.48. The van der Waals surface area contributed by atoms with Crippen molar-refractivity contribution in [3.05, 3.63) is 17.5 Å². The second kappa shape index (κ2) is 3.47. The SMILES string of the molecule is Cc1oncc1C1NCCCC1O. The lowest BCUT2D eigenvalue weighted by atomic mass is 9.95. The monoisotopic (exact) mass is 182 g/mol. The molecule has 1 saturated heterocycles. The number of piperidine rings is 1. The molecule has 2 atom stereocenters. The second-order valence-corrected chi connectivity index (χ2v) is 3.48. The van der Waals surface area contributed by atoms with Gasteiger partial charge in [-0.1, -0.05) is 5.16 Å². The molecule has 2 rings (SSSR count). The fourth-order valence-corrected chi connectivity index (χ4v) is 1.79. The molecule has 0 aromatic carbocycles. The molecule has 4 nitrogen and oxygen atoms in total. The Morgan fingerprint density at radius 2 is 2.54 bits per heavy atom. The molecule has 13 heavy (non-hydrogen) atoms. The summed E-state index contributed by atoms with van der Waals surface area (Å²) in [6.07, 6.45) is 3.25. The molecule has 1 aromatic heterocycles. The molecule has 1 fully saturated rings. The van der Waals surface area contributed by atoms with Crippen LogP contribution in [0.5, 0.6) is 0 Å². The predicted molar refractivity (Wildman–Crippen MR) is 47.2 cm³/mol. The number of aryl methyl sites for hydroxylation is 1. The van der Waals surface area contributed by atoms with Crippen LogP contribution in [0.4, 0.5) is 0 Å². The molecular weight excluding hydrogens is 168 g/mol. The standard InChI is InChI=1S/C9H14N2O2/c1-6-7(5-11-13-6)9-8(12)3-2-4-10-9/h5,8-10,12H,2-4H2,1H3. The van der Waals surface area contributed by atoms with Gasteiger partial charge in [-0.15, -0.1) is 0 Å². The molecular formula is C9H14N2O2. The average molecular weight is 182 g/mol. The Morgan fingerprint density at radius 1 is 1.69 bits per heavy atom. The molecule has 2 unspecified atom stereocenters. The van der Waals surface area contributed by atoms with Crippen molar-refractivity contribution in [2.45, 2.75) is 31.9 Å². The summed E-state index contributed by atoms with van der Waals surface area (Å²) in [5, 5.41) is 16.7. The Hall–Kier alpha value is -0.870. The highest BCUT2D eigenvalue weighted by molar-refractivity contribution is 5.19. The molecule has 0 radical (unpaired) electrons. The Bertz CT molecular complexity index is 285. The van der Waals surface area contributed by atoms with Gasteiger partial charge in [0, 0.05) is 5.56 Å². The van der Waals surface area contributed by atoms with Gasteiger partial charge in [-0.3, -0.25) is 0 Å². The molecule has 1 aromatic rings. The topological polar surface area (TPSA) is 58.3 Å². The molecule has 1 aliphatic rings. The van der Waals surface area contributed by atoms with Crippen molar-refractivity contribution in [3.8, 4) is 0 Å². The molecule has 0 amide bonds. The van der Waals surface area contributed by atoms with Crippen LogP contribution in [0.2, 0.25) is 0 Å². The Morgan fingerprint density at radius 3 is 3.15 bits per heavy atom. The van der Waals surface area contributed by atoms with E-state index in [1.165, 1.54) is 0 Å². The zero-order valence-electron chi connectivity index (χ0n) is 7.66. The van der Waals surface area contributed by atoms with E-state index in [1.807, 2.05) is 6.92 Å². The van der Waals surface area contributed by atoms with Crippen LogP contribution in [0.15, 0.2) is 10.7 Å². The molecule has 2 heterocycles. The molecule has 72 valence electrons. The summed E-state index contributed by atoms with van der Waals surface area (Å²) in [5.74, 6) is 0.790. The van der Waals surface area contributed by atoms with Gasteiger partial charge < -0.3 is 14.9 Å². The van der Waals surface area contributed by atoms with Crippen LogP contribution in [0.25, 0.3) is 0 Å². The lowest BCUT2D eigenvalue weighted by molar-refractivity contribution is 0.0958. The van der Waals surface area contributed by atoms with E-state index in [2.05, 4.69) is 10.5 Å². The summed E-state index contributed by atoms with van der Waals surface area (Å²) < 4.78 is 4.96. The van der Waals surface area contributed by atoms with Gasteiger partial charge in [0.1, 0.15) is 5.76 Å². The summed E-state index contributed by atoms with van der Waals surface area (Å²) >= 11 is 0. The average Bonchev–Trinajstić information content (AvgIpc) is 2.52. The van der Waals surface area contributed by atoms with Crippen molar-refractivity contribution in [2.75, 3.05) is 6.54 Å². The van der Waals surface area contributed by atoms with Crippen LogP contribution in [-0.4, -0.2) is 22.9 Å². The molecule has 1 aliphatic heterocycles. The normalized spacial score (nSPS) is 29.1. The first-order valence-corrected chi connectivity index (χ1v) is 4.61. The summed E-state index contributed by atoms with van der Waals surface area (Å²) in [5.41, 5.74) is 0.979. The number of hydrogen-bond acceptors (Lipinski definition) is 4. The predicted octanol–water partition coefficient (Wildman–Crippen LogP) is 0.768. The fraction of sp³-hybridized carbons (Fsp3) is 0.667. The van der Waals surface area contributed by atoms with Gasteiger partial charge in [0.15, 0.2) is 0 Å². The molecule has 0 spiro atoms. The van der Waals surface area contributed by atoms with Crippen LogP contribution >= 0.6 is 0 Å². The van der Waals surface area contributed by atoms with Crippen molar-refractivity contribution in [3.63, 3.8) is 0 Å². The van der Waals surface area contributed by atoms with E-state index >= 15 is 0 Å². The van der Waals surface area contributed by atoms with E-state index in [1.54, 1.807) is 6.20 Å². The van der Waals surface area contributed by atoms with Gasteiger partial charge in [-0.05, 0) is 26.3 Å². The van der Waals surface area contributed by atoms with Crippen molar-refractivity contribution >= 4 is 0 Å². The van der Waals surface area contributed by atoms with Crippen molar-refractivity contribution < 1.29 is 9.63 Å². The zero-order chi connectivity index (χ0) is 9.26. The first kappa shape index (κ1) is 8.72. The number of nitrogens with one attached hydrogen (secondary N) is 1. The minimum atomic E-state index is -0.313. The minimum Gasteiger partial charge on any atom is -0.391 e. The highest BCUT2D eigenvalue weighted by Gasteiger charge is 2.26. The van der Waals surface area contributed by atoms with Gasteiger partial charge in [0.05, 0.1) is 18.3 Å². The van der Waals surface area contributed by atoms with Crippen molar-refractivity contribution in [1.82, 2.24) is 10.5 Å². The summed E-state index contributed by atoms with van der Waals surface area (Å²) in [7, 11) is 0. The number of rotatable bonds is 1. The minimum absolute atomic E-state index is 0.000000000000000222. The van der Waals surface area contributed by atoms with E-state index < -0.39 is 0 Å². The van der Waals surface area contributed by atoms with E-state index in [0.29, 0.717) is 0 Å². The molecule has 0 aliphatic carbocycles. The largest absolute Gasteiger partial charge is 0.391 e. The maximum atomic E-state index is 9.73. The van der Waals surface area contributed by atoms with Crippen LogP contribution in [0.1, 0.15) is 30.2 Å². The molecule has 0 bridgehead atoms. The van der Waals surface area contributed by atoms with Crippen molar-refractivity contribution in [1.29, 1.82) is 0 Å². The van der Waals surface area contributed by atoms with E-state index in [4.69, 9.17) is 4.52 Å². The van der Waals surface area contributed by atoms with Gasteiger partial charge >= 0.3 is 0 Å². The van der Waals surface area contributed by atoms with Crippen LogP contribution in [0, 0.1) is 6.92 Å². The van der Waals surface area contributed by atoms with E-state index in [9.17, 15) is 5.11 Å². The zero-order valence-corrected chi connectivity index (χ0v) is 7.66. The van der Waals surface area contributed by atoms with Gasteiger partial charge in [-0.25, -0.2) is 0 Å². The summed E-state index contributed by atoms with van der Waals surface area (Å²) in [4.78, 5) is 0. The first-order valence-electron chi connectivity index (χ1n) is 4.61. The fourth-order valence-electron chi connectivity index (χ4n) is 1.79.